The summed E-state index contributed by atoms with van der Waals surface area (Å²) in [4.78, 5) is 15.2. The number of methoxy groups -OCH3 is 1. The predicted molar refractivity (Wildman–Crippen MR) is 165 cm³/mol. The van der Waals surface area contributed by atoms with E-state index in [9.17, 15) is 9.90 Å². The van der Waals surface area contributed by atoms with Crippen LogP contribution < -0.4 is 0 Å². The predicted octanol–water partition coefficient (Wildman–Crippen LogP) is 7.05. The molecule has 1 aromatic rings. The normalized spacial score (nSPS) is 36.2. The second-order valence-corrected chi connectivity index (χ2v) is 14.4. The van der Waals surface area contributed by atoms with Gasteiger partial charge in [-0.3, -0.25) is 4.90 Å². The molecule has 43 heavy (non-hydrogen) atoms. The zero-order valence-corrected chi connectivity index (χ0v) is 26.2. The van der Waals surface area contributed by atoms with Gasteiger partial charge in [-0.2, -0.15) is 0 Å². The van der Waals surface area contributed by atoms with E-state index in [2.05, 4.69) is 48.2 Å². The standard InChI is InChI=1S/C37H49NO5/c1-23-32-29-21-26(19-25-11-5-4-6-12-25)20-28(30(39)22-27-13-9-17-37(27)15-7-8-16-37)38(29)18-10-14-31(32)42-34(23)35-33(41-3)24(2)36(40)43-35/h4-6,11-12,14,23,26-30,32,39H,7-10,13,15-22H2,1-3H3/t23-,26+,27-,28-,29-,30-,32+/m0/s1. The average Bonchev–Trinajstić information content (AvgIpc) is 3.75. The number of nitrogens with zero attached hydrogens (tertiary/aromatic N) is 1. The van der Waals surface area contributed by atoms with Gasteiger partial charge in [-0.05, 0) is 93.6 Å². The van der Waals surface area contributed by atoms with Gasteiger partial charge in [0.15, 0.2) is 11.5 Å². The van der Waals surface area contributed by atoms with Gasteiger partial charge in [-0.25, -0.2) is 4.79 Å². The van der Waals surface area contributed by atoms with E-state index in [-0.39, 0.29) is 36.0 Å². The first-order valence-electron chi connectivity index (χ1n) is 17.0. The number of carbonyl (C=O) groups excluding carboxylic acids is 1. The molecule has 0 amide bonds. The lowest BCUT2D eigenvalue weighted by Crippen LogP contribution is -2.57. The molecule has 7 atom stereocenters. The number of benzene rings is 1. The first-order chi connectivity index (χ1) is 20.9. The first-order valence-corrected chi connectivity index (χ1v) is 17.0. The van der Waals surface area contributed by atoms with Crippen LogP contribution in [-0.4, -0.2) is 47.8 Å². The highest BCUT2D eigenvalue weighted by molar-refractivity contribution is 5.93. The Kier molecular flexibility index (Phi) is 7.96. The van der Waals surface area contributed by atoms with Gasteiger partial charge in [-0.1, -0.05) is 56.5 Å². The maximum absolute atomic E-state index is 12.5. The lowest BCUT2D eigenvalue weighted by Gasteiger charge is -2.49. The van der Waals surface area contributed by atoms with Crippen LogP contribution in [0.3, 0.4) is 0 Å². The smallest absolute Gasteiger partial charge is 0.343 e. The Bertz CT molecular complexity index is 1300. The van der Waals surface area contributed by atoms with Crippen molar-refractivity contribution in [2.45, 2.75) is 109 Å². The summed E-state index contributed by atoms with van der Waals surface area (Å²) in [6, 6.07) is 11.3. The SMILES string of the molecule is COC1=C(C)C(=O)OC1=C1OC2=CCCN3[C@@H](C[C@H](Cc4ccccc4)C[C@H]3[C@@H](O)C[C@@H]3CCCC34CCCC4)[C@H]2[C@@H]1C. The zero-order valence-electron chi connectivity index (χ0n) is 26.2. The molecule has 4 aliphatic heterocycles. The lowest BCUT2D eigenvalue weighted by molar-refractivity contribution is -0.133. The van der Waals surface area contributed by atoms with Gasteiger partial charge in [0.1, 0.15) is 5.76 Å². The van der Waals surface area contributed by atoms with E-state index in [1.165, 1.54) is 50.5 Å². The Morgan fingerprint density at radius 3 is 2.63 bits per heavy atom. The van der Waals surface area contributed by atoms with Crippen molar-refractivity contribution in [3.8, 4) is 0 Å². The minimum absolute atomic E-state index is 0.0283. The maximum Gasteiger partial charge on any atom is 0.343 e. The molecule has 1 spiro atoms. The molecule has 0 unspecified atom stereocenters. The number of aliphatic hydroxyl groups is 1. The van der Waals surface area contributed by atoms with E-state index in [0.717, 1.165) is 44.4 Å². The van der Waals surface area contributed by atoms with E-state index < -0.39 is 0 Å². The van der Waals surface area contributed by atoms with E-state index >= 15 is 0 Å². The summed E-state index contributed by atoms with van der Waals surface area (Å²) in [5.41, 5.74) is 2.35. The van der Waals surface area contributed by atoms with Crippen LogP contribution in [0.15, 0.2) is 65.0 Å². The van der Waals surface area contributed by atoms with Gasteiger partial charge < -0.3 is 19.3 Å². The van der Waals surface area contributed by atoms with Crippen molar-refractivity contribution in [2.75, 3.05) is 13.7 Å². The highest BCUT2D eigenvalue weighted by Gasteiger charge is 2.52. The second-order valence-electron chi connectivity index (χ2n) is 14.4. The minimum Gasteiger partial charge on any atom is -0.492 e. The van der Waals surface area contributed by atoms with Gasteiger partial charge in [0.05, 0.1) is 18.8 Å². The van der Waals surface area contributed by atoms with Crippen LogP contribution in [0, 0.1) is 29.1 Å². The molecule has 2 saturated heterocycles. The summed E-state index contributed by atoms with van der Waals surface area (Å²) in [5, 5.41) is 12.2. The van der Waals surface area contributed by atoms with E-state index in [0.29, 0.717) is 40.1 Å². The number of piperidine rings is 1. The van der Waals surface area contributed by atoms with Crippen molar-refractivity contribution in [3.05, 3.63) is 70.6 Å². The van der Waals surface area contributed by atoms with Crippen molar-refractivity contribution < 1.29 is 24.1 Å². The van der Waals surface area contributed by atoms with Gasteiger partial charge in [0, 0.05) is 30.5 Å². The summed E-state index contributed by atoms with van der Waals surface area (Å²) in [6.45, 7) is 4.90. The molecule has 4 fully saturated rings. The average molecular weight is 588 g/mol. The fraction of sp³-hybridized carbons (Fsp3) is 0.649. The number of aliphatic hydroxyl groups excluding tert-OH is 1. The monoisotopic (exact) mass is 587 g/mol. The van der Waals surface area contributed by atoms with Crippen LogP contribution in [0.1, 0.15) is 90.0 Å². The van der Waals surface area contributed by atoms with E-state index in [4.69, 9.17) is 14.2 Å². The van der Waals surface area contributed by atoms with E-state index in [1.54, 1.807) is 14.0 Å². The molecule has 7 rings (SSSR count). The maximum atomic E-state index is 12.5. The van der Waals surface area contributed by atoms with Crippen LogP contribution in [0.25, 0.3) is 0 Å². The molecule has 1 aromatic carbocycles. The molecule has 232 valence electrons. The fourth-order valence-corrected chi connectivity index (χ4v) is 10.1. The van der Waals surface area contributed by atoms with Crippen molar-refractivity contribution >= 4 is 5.97 Å². The van der Waals surface area contributed by atoms with Crippen LogP contribution in [-0.2, 0) is 25.4 Å². The first kappa shape index (κ1) is 29.2. The molecule has 6 aliphatic rings. The molecule has 0 bridgehead atoms. The summed E-state index contributed by atoms with van der Waals surface area (Å²) >= 11 is 0. The molecule has 6 nitrogen and oxygen atoms in total. The molecular formula is C37H49NO5. The van der Waals surface area contributed by atoms with Crippen molar-refractivity contribution in [1.29, 1.82) is 0 Å². The summed E-state index contributed by atoms with van der Waals surface area (Å²) < 4.78 is 17.9. The Balaban J connectivity index is 1.20. The zero-order chi connectivity index (χ0) is 29.7. The third kappa shape index (κ3) is 5.16. The molecule has 6 heteroatoms. The Morgan fingerprint density at radius 1 is 1.09 bits per heavy atom. The quantitative estimate of drug-likeness (QED) is 0.360. The number of hydrogen-bond donors (Lipinski definition) is 1. The number of hydrogen-bond acceptors (Lipinski definition) is 6. The Hall–Kier alpha value is -2.57. The minimum atomic E-state index is -0.367. The number of allylic oxidation sites excluding steroid dienone is 1. The number of carbonyl (C=O) groups is 1. The van der Waals surface area contributed by atoms with Crippen molar-refractivity contribution in [2.24, 2.45) is 29.1 Å². The molecule has 0 radical (unpaired) electrons. The second kappa shape index (κ2) is 11.7. The van der Waals surface area contributed by atoms with Gasteiger partial charge in [0.2, 0.25) is 5.76 Å². The summed E-state index contributed by atoms with van der Waals surface area (Å²) in [5.74, 6) is 3.56. The third-order valence-corrected chi connectivity index (χ3v) is 12.2. The summed E-state index contributed by atoms with van der Waals surface area (Å²) in [7, 11) is 1.58. The number of ether oxygens (including phenoxy) is 3. The fourth-order valence-electron chi connectivity index (χ4n) is 10.1. The van der Waals surface area contributed by atoms with Gasteiger partial charge >= 0.3 is 5.97 Å². The van der Waals surface area contributed by atoms with Crippen LogP contribution in [0.2, 0.25) is 0 Å². The lowest BCUT2D eigenvalue weighted by atomic mass is 9.70. The highest BCUT2D eigenvalue weighted by Crippen LogP contribution is 2.56. The van der Waals surface area contributed by atoms with Crippen LogP contribution in [0.4, 0.5) is 0 Å². The number of cyclic esters (lactones) is 1. The van der Waals surface area contributed by atoms with Crippen molar-refractivity contribution in [3.63, 3.8) is 0 Å². The topological polar surface area (TPSA) is 68.2 Å². The molecular weight excluding hydrogens is 538 g/mol. The van der Waals surface area contributed by atoms with Gasteiger partial charge in [0.25, 0.3) is 0 Å². The third-order valence-electron chi connectivity index (χ3n) is 12.2. The van der Waals surface area contributed by atoms with Crippen LogP contribution in [0.5, 0.6) is 0 Å². The largest absolute Gasteiger partial charge is 0.492 e. The van der Waals surface area contributed by atoms with Crippen molar-refractivity contribution in [1.82, 2.24) is 4.90 Å². The highest BCUT2D eigenvalue weighted by atomic mass is 16.6. The molecule has 1 N–H and O–H groups in total. The van der Waals surface area contributed by atoms with Crippen LogP contribution >= 0.6 is 0 Å². The molecule has 0 aromatic heterocycles. The summed E-state index contributed by atoms with van der Waals surface area (Å²) in [6.07, 6.45) is 16.3. The number of fused-ring (bicyclic) bond motifs is 3. The number of esters is 1. The Morgan fingerprint density at radius 2 is 1.86 bits per heavy atom. The molecule has 2 aliphatic carbocycles. The number of rotatable bonds is 6. The molecule has 4 heterocycles. The van der Waals surface area contributed by atoms with Gasteiger partial charge in [-0.15, -0.1) is 0 Å². The van der Waals surface area contributed by atoms with E-state index in [1.807, 2.05) is 0 Å². The Labute approximate surface area is 257 Å². The molecule has 2 saturated carbocycles.